The SMILES string of the molecule is Cn1ccnc1C(=O)c1cc(SCc2ccccc2Cl)nc2ccccc12. The fraction of sp³-hybridized carbons (Fsp3) is 0.0952. The maximum absolute atomic E-state index is 13.1. The van der Waals surface area contributed by atoms with Crippen LogP contribution < -0.4 is 0 Å². The summed E-state index contributed by atoms with van der Waals surface area (Å²) in [5.41, 5.74) is 2.44. The number of para-hydroxylation sites is 1. The van der Waals surface area contributed by atoms with Crippen LogP contribution in [0, 0.1) is 0 Å². The largest absolute Gasteiger partial charge is 0.331 e. The van der Waals surface area contributed by atoms with Crippen LogP contribution in [0.15, 0.2) is 72.0 Å². The lowest BCUT2D eigenvalue weighted by molar-refractivity contribution is 0.102. The predicted molar refractivity (Wildman–Crippen MR) is 109 cm³/mol. The monoisotopic (exact) mass is 393 g/mol. The van der Waals surface area contributed by atoms with Crippen molar-refractivity contribution in [3.05, 3.63) is 89.0 Å². The number of thioether (sulfide) groups is 1. The molecule has 4 rings (SSSR count). The highest BCUT2D eigenvalue weighted by molar-refractivity contribution is 7.98. The number of hydrogen-bond donors (Lipinski definition) is 0. The molecule has 0 saturated carbocycles. The molecule has 0 fully saturated rings. The van der Waals surface area contributed by atoms with Gasteiger partial charge in [0, 0.05) is 41.2 Å². The van der Waals surface area contributed by atoms with E-state index in [1.165, 1.54) is 0 Å². The summed E-state index contributed by atoms with van der Waals surface area (Å²) in [7, 11) is 1.82. The minimum Gasteiger partial charge on any atom is -0.331 e. The number of halogens is 1. The van der Waals surface area contributed by atoms with Crippen LogP contribution in [-0.2, 0) is 12.8 Å². The number of aryl methyl sites for hydroxylation is 1. The number of aromatic nitrogens is 3. The van der Waals surface area contributed by atoms with Gasteiger partial charge in [0.05, 0.1) is 10.5 Å². The van der Waals surface area contributed by atoms with Crippen LogP contribution in [0.5, 0.6) is 0 Å². The first-order chi connectivity index (χ1) is 13.1. The molecule has 4 aromatic rings. The molecule has 2 heterocycles. The van der Waals surface area contributed by atoms with Crippen molar-refractivity contribution in [3.8, 4) is 0 Å². The molecule has 0 saturated heterocycles. The molecule has 0 aliphatic rings. The Morgan fingerprint density at radius 1 is 1.15 bits per heavy atom. The molecule has 0 amide bonds. The van der Waals surface area contributed by atoms with Gasteiger partial charge >= 0.3 is 0 Å². The van der Waals surface area contributed by atoms with Gasteiger partial charge in [-0.05, 0) is 23.8 Å². The number of imidazole rings is 1. The second-order valence-corrected chi connectivity index (χ2v) is 7.50. The first-order valence-corrected chi connectivity index (χ1v) is 9.78. The summed E-state index contributed by atoms with van der Waals surface area (Å²) >= 11 is 7.81. The molecule has 0 aliphatic heterocycles. The van der Waals surface area contributed by atoms with Crippen LogP contribution in [0.3, 0.4) is 0 Å². The van der Waals surface area contributed by atoms with Crippen LogP contribution in [0.4, 0.5) is 0 Å². The molecule has 134 valence electrons. The maximum Gasteiger partial charge on any atom is 0.229 e. The molecular weight excluding hydrogens is 378 g/mol. The second kappa shape index (κ2) is 7.55. The lowest BCUT2D eigenvalue weighted by Crippen LogP contribution is -2.10. The second-order valence-electron chi connectivity index (χ2n) is 6.10. The van der Waals surface area contributed by atoms with Crippen molar-refractivity contribution in [1.82, 2.24) is 14.5 Å². The van der Waals surface area contributed by atoms with Gasteiger partial charge < -0.3 is 4.57 Å². The molecule has 27 heavy (non-hydrogen) atoms. The van der Waals surface area contributed by atoms with E-state index in [0.29, 0.717) is 17.1 Å². The average Bonchev–Trinajstić information content (AvgIpc) is 3.12. The van der Waals surface area contributed by atoms with Gasteiger partial charge in [0.1, 0.15) is 0 Å². The highest BCUT2D eigenvalue weighted by atomic mass is 35.5. The number of benzene rings is 2. The summed E-state index contributed by atoms with van der Waals surface area (Å²) in [5.74, 6) is 0.982. The van der Waals surface area contributed by atoms with Crippen molar-refractivity contribution >= 4 is 40.0 Å². The first kappa shape index (κ1) is 17.8. The van der Waals surface area contributed by atoms with Gasteiger partial charge in [0.25, 0.3) is 0 Å². The normalized spacial score (nSPS) is 11.0. The zero-order chi connectivity index (χ0) is 18.8. The Bertz CT molecular complexity index is 1140. The topological polar surface area (TPSA) is 47.8 Å². The molecule has 0 aliphatic carbocycles. The summed E-state index contributed by atoms with van der Waals surface area (Å²) in [6, 6.07) is 17.3. The van der Waals surface area contributed by atoms with Crippen molar-refractivity contribution in [2.75, 3.05) is 0 Å². The minimum atomic E-state index is -0.110. The van der Waals surface area contributed by atoms with Crippen molar-refractivity contribution in [2.24, 2.45) is 7.05 Å². The van der Waals surface area contributed by atoms with Gasteiger partial charge in [-0.1, -0.05) is 48.0 Å². The van der Waals surface area contributed by atoms with Crippen molar-refractivity contribution < 1.29 is 4.79 Å². The van der Waals surface area contributed by atoms with Crippen LogP contribution in [0.1, 0.15) is 21.7 Å². The lowest BCUT2D eigenvalue weighted by Gasteiger charge is -2.09. The molecule has 2 aromatic carbocycles. The van der Waals surface area contributed by atoms with Crippen molar-refractivity contribution in [2.45, 2.75) is 10.8 Å². The van der Waals surface area contributed by atoms with Gasteiger partial charge in [-0.25, -0.2) is 9.97 Å². The standard InChI is InChI=1S/C21H16ClN3OS/c1-25-11-10-23-21(25)20(26)16-12-19(24-18-9-5-3-7-15(16)18)27-13-14-6-2-4-8-17(14)22/h2-12H,13H2,1H3. The molecule has 0 bridgehead atoms. The fourth-order valence-corrected chi connectivity index (χ4v) is 4.09. The number of pyridine rings is 1. The van der Waals surface area contributed by atoms with E-state index in [0.717, 1.165) is 26.5 Å². The predicted octanol–water partition coefficient (Wildman–Crippen LogP) is 5.15. The fourth-order valence-electron chi connectivity index (χ4n) is 2.88. The zero-order valence-corrected chi connectivity index (χ0v) is 16.2. The molecule has 4 nitrogen and oxygen atoms in total. The van der Waals surface area contributed by atoms with E-state index in [-0.39, 0.29) is 5.78 Å². The quantitative estimate of drug-likeness (QED) is 0.347. The summed E-state index contributed by atoms with van der Waals surface area (Å²) in [6.07, 6.45) is 3.40. The first-order valence-electron chi connectivity index (χ1n) is 8.41. The maximum atomic E-state index is 13.1. The number of rotatable bonds is 5. The van der Waals surface area contributed by atoms with E-state index in [2.05, 4.69) is 4.98 Å². The van der Waals surface area contributed by atoms with E-state index >= 15 is 0 Å². The van der Waals surface area contributed by atoms with Crippen molar-refractivity contribution in [1.29, 1.82) is 0 Å². The van der Waals surface area contributed by atoms with Gasteiger partial charge in [-0.3, -0.25) is 4.79 Å². The Morgan fingerprint density at radius 3 is 2.70 bits per heavy atom. The number of ketones is 1. The van der Waals surface area contributed by atoms with E-state index in [1.54, 1.807) is 28.7 Å². The Labute approximate surface area is 166 Å². The van der Waals surface area contributed by atoms with Gasteiger partial charge in [-0.2, -0.15) is 0 Å². The highest BCUT2D eigenvalue weighted by Gasteiger charge is 2.18. The summed E-state index contributed by atoms with van der Waals surface area (Å²) in [6.45, 7) is 0. The van der Waals surface area contributed by atoms with Gasteiger partial charge in [0.2, 0.25) is 5.78 Å². The van der Waals surface area contributed by atoms with E-state index in [4.69, 9.17) is 16.6 Å². The Balaban J connectivity index is 1.73. The number of fused-ring (bicyclic) bond motifs is 1. The molecule has 0 spiro atoms. The molecule has 2 aromatic heterocycles. The van der Waals surface area contributed by atoms with Gasteiger partial charge in [-0.15, -0.1) is 11.8 Å². The Kier molecular flexibility index (Phi) is 4.97. The molecule has 0 N–H and O–H groups in total. The zero-order valence-electron chi connectivity index (χ0n) is 14.6. The number of nitrogens with zero attached hydrogens (tertiary/aromatic N) is 3. The average molecular weight is 394 g/mol. The summed E-state index contributed by atoms with van der Waals surface area (Å²) in [4.78, 5) is 22.0. The van der Waals surface area contributed by atoms with Gasteiger partial charge in [0.15, 0.2) is 5.82 Å². The van der Waals surface area contributed by atoms with Crippen LogP contribution >= 0.6 is 23.4 Å². The van der Waals surface area contributed by atoms with E-state index in [9.17, 15) is 4.79 Å². The molecular formula is C21H16ClN3OS. The third kappa shape index (κ3) is 3.61. The summed E-state index contributed by atoms with van der Waals surface area (Å²) in [5, 5.41) is 2.34. The number of carbonyl (C=O) groups excluding carboxylic acids is 1. The molecule has 0 unspecified atom stereocenters. The lowest BCUT2D eigenvalue weighted by atomic mass is 10.1. The number of carbonyl (C=O) groups is 1. The summed E-state index contributed by atoms with van der Waals surface area (Å²) < 4.78 is 1.73. The third-order valence-electron chi connectivity index (χ3n) is 4.29. The molecule has 0 radical (unpaired) electrons. The highest BCUT2D eigenvalue weighted by Crippen LogP contribution is 2.29. The van der Waals surface area contributed by atoms with Crippen LogP contribution in [0.25, 0.3) is 10.9 Å². The molecule has 0 atom stereocenters. The molecule has 6 heteroatoms. The Hall–Kier alpha value is -2.63. The number of hydrogen-bond acceptors (Lipinski definition) is 4. The van der Waals surface area contributed by atoms with E-state index in [1.807, 2.05) is 61.6 Å². The smallest absolute Gasteiger partial charge is 0.229 e. The van der Waals surface area contributed by atoms with E-state index < -0.39 is 0 Å². The van der Waals surface area contributed by atoms with Crippen LogP contribution in [-0.4, -0.2) is 20.3 Å². The van der Waals surface area contributed by atoms with Crippen molar-refractivity contribution in [3.63, 3.8) is 0 Å². The van der Waals surface area contributed by atoms with Crippen LogP contribution in [0.2, 0.25) is 5.02 Å². The third-order valence-corrected chi connectivity index (χ3v) is 5.62. The Morgan fingerprint density at radius 2 is 1.93 bits per heavy atom. The minimum absolute atomic E-state index is 0.110.